The van der Waals surface area contributed by atoms with E-state index in [9.17, 15) is 4.79 Å². The van der Waals surface area contributed by atoms with E-state index in [0.29, 0.717) is 18.5 Å². The number of hydrogen-bond donors (Lipinski definition) is 2. The fourth-order valence-electron chi connectivity index (χ4n) is 4.06. The molecule has 4 rings (SSSR count). The highest BCUT2D eigenvalue weighted by atomic mass is 16.2. The molecule has 23 heavy (non-hydrogen) atoms. The number of nitrogens with zero attached hydrogens (tertiary/aromatic N) is 1. The molecule has 4 heteroatoms. The quantitative estimate of drug-likeness (QED) is 0.841. The Balaban J connectivity index is 1.31. The molecule has 2 saturated carbocycles. The van der Waals surface area contributed by atoms with Crippen LogP contribution in [0.5, 0.6) is 0 Å². The molecular weight excluding hydrogens is 286 g/mol. The summed E-state index contributed by atoms with van der Waals surface area (Å²) in [5.41, 5.74) is 7.61. The van der Waals surface area contributed by atoms with E-state index >= 15 is 0 Å². The molecule has 1 aromatic rings. The summed E-state index contributed by atoms with van der Waals surface area (Å²) in [5, 5.41) is 3.32. The number of nitrogens with two attached hydrogens (primary N) is 1. The summed E-state index contributed by atoms with van der Waals surface area (Å²) < 4.78 is 0. The van der Waals surface area contributed by atoms with Crippen LogP contribution in [0.4, 0.5) is 0 Å². The van der Waals surface area contributed by atoms with Crippen molar-refractivity contribution in [2.75, 3.05) is 19.6 Å². The van der Waals surface area contributed by atoms with Crippen molar-refractivity contribution in [3.05, 3.63) is 35.9 Å². The summed E-state index contributed by atoms with van der Waals surface area (Å²) >= 11 is 0. The second-order valence-corrected chi connectivity index (χ2v) is 7.64. The zero-order valence-electron chi connectivity index (χ0n) is 13.7. The standard InChI is InChI=1S/C19H27N3O/c20-17-11-22(10-16(17)13-4-2-1-3-5-13)12-18(23)21-19(14-6-7-14)15-8-9-15/h1-5,14-17,19H,6-12,20H2,(H,21,23)/t16-,17+/m0/s1. The fourth-order valence-corrected chi connectivity index (χ4v) is 4.06. The van der Waals surface area contributed by atoms with Gasteiger partial charge >= 0.3 is 0 Å². The van der Waals surface area contributed by atoms with Gasteiger partial charge in [-0.2, -0.15) is 0 Å². The van der Waals surface area contributed by atoms with Gasteiger partial charge in [-0.25, -0.2) is 0 Å². The van der Waals surface area contributed by atoms with Gasteiger partial charge in [0.2, 0.25) is 5.91 Å². The lowest BCUT2D eigenvalue weighted by Gasteiger charge is -2.21. The van der Waals surface area contributed by atoms with Crippen LogP contribution in [-0.2, 0) is 4.79 Å². The van der Waals surface area contributed by atoms with E-state index in [2.05, 4.69) is 34.5 Å². The minimum Gasteiger partial charge on any atom is -0.352 e. The first-order chi connectivity index (χ1) is 11.2. The van der Waals surface area contributed by atoms with Gasteiger partial charge in [0, 0.05) is 31.1 Å². The molecule has 124 valence electrons. The summed E-state index contributed by atoms with van der Waals surface area (Å²) in [7, 11) is 0. The number of rotatable bonds is 6. The Labute approximate surface area is 138 Å². The van der Waals surface area contributed by atoms with Gasteiger partial charge in [-0.15, -0.1) is 0 Å². The number of nitrogens with one attached hydrogen (secondary N) is 1. The number of carbonyl (C=O) groups excluding carboxylic acids is 1. The zero-order valence-corrected chi connectivity index (χ0v) is 13.7. The predicted octanol–water partition coefficient (Wildman–Crippen LogP) is 1.72. The van der Waals surface area contributed by atoms with Crippen LogP contribution < -0.4 is 11.1 Å². The van der Waals surface area contributed by atoms with Crippen molar-refractivity contribution >= 4 is 5.91 Å². The van der Waals surface area contributed by atoms with Crippen LogP contribution in [0.1, 0.15) is 37.2 Å². The highest BCUT2D eigenvalue weighted by molar-refractivity contribution is 5.78. The lowest BCUT2D eigenvalue weighted by atomic mass is 9.95. The SMILES string of the molecule is N[C@@H]1CN(CC(=O)NC(C2CC2)C2CC2)C[C@H]1c1ccccc1. The first-order valence-electron chi connectivity index (χ1n) is 9.03. The minimum atomic E-state index is 0.118. The van der Waals surface area contributed by atoms with Crippen LogP contribution in [0, 0.1) is 11.8 Å². The number of carbonyl (C=O) groups is 1. The van der Waals surface area contributed by atoms with Crippen molar-refractivity contribution in [2.45, 2.75) is 43.7 Å². The van der Waals surface area contributed by atoms with Crippen molar-refractivity contribution in [2.24, 2.45) is 17.6 Å². The third-order valence-corrected chi connectivity index (χ3v) is 5.62. The molecule has 1 saturated heterocycles. The third kappa shape index (κ3) is 3.59. The lowest BCUT2D eigenvalue weighted by molar-refractivity contribution is -0.123. The number of benzene rings is 1. The molecule has 4 nitrogen and oxygen atoms in total. The Morgan fingerprint density at radius 3 is 2.39 bits per heavy atom. The van der Waals surface area contributed by atoms with Gasteiger partial charge in [-0.1, -0.05) is 30.3 Å². The molecule has 0 aromatic heterocycles. The Hall–Kier alpha value is -1.39. The maximum absolute atomic E-state index is 12.4. The van der Waals surface area contributed by atoms with Gasteiger partial charge in [0.1, 0.15) is 0 Å². The fraction of sp³-hybridized carbons (Fsp3) is 0.632. The normalized spacial score (nSPS) is 28.3. The van der Waals surface area contributed by atoms with E-state index in [1.165, 1.54) is 31.2 Å². The molecular formula is C19H27N3O. The molecule has 0 unspecified atom stereocenters. The molecule has 2 aliphatic carbocycles. The summed E-state index contributed by atoms with van der Waals surface area (Å²) in [6.45, 7) is 2.19. The van der Waals surface area contributed by atoms with E-state index < -0.39 is 0 Å². The number of likely N-dealkylation sites (tertiary alicyclic amines) is 1. The van der Waals surface area contributed by atoms with E-state index in [1.807, 2.05) is 6.07 Å². The molecule has 3 aliphatic rings. The zero-order chi connectivity index (χ0) is 15.8. The van der Waals surface area contributed by atoms with Gasteiger partial charge in [0.25, 0.3) is 0 Å². The van der Waals surface area contributed by atoms with E-state index in [4.69, 9.17) is 5.73 Å². The third-order valence-electron chi connectivity index (χ3n) is 5.62. The van der Waals surface area contributed by atoms with Crippen LogP contribution in [0.15, 0.2) is 30.3 Å². The summed E-state index contributed by atoms with van der Waals surface area (Å²) in [6, 6.07) is 11.0. The highest BCUT2D eigenvalue weighted by Gasteiger charge is 2.42. The second-order valence-electron chi connectivity index (χ2n) is 7.64. The Bertz CT molecular complexity index is 541. The molecule has 1 amide bonds. The number of amides is 1. The molecule has 3 fully saturated rings. The van der Waals surface area contributed by atoms with Crippen LogP contribution in [0.3, 0.4) is 0 Å². The minimum absolute atomic E-state index is 0.118. The summed E-state index contributed by atoms with van der Waals surface area (Å²) in [4.78, 5) is 14.6. The van der Waals surface area contributed by atoms with Crippen LogP contribution in [-0.4, -0.2) is 42.5 Å². The largest absolute Gasteiger partial charge is 0.352 e. The summed E-state index contributed by atoms with van der Waals surface area (Å²) in [6.07, 6.45) is 5.19. The molecule has 2 atom stereocenters. The van der Waals surface area contributed by atoms with Crippen molar-refractivity contribution in [3.8, 4) is 0 Å². The lowest BCUT2D eigenvalue weighted by Crippen LogP contribution is -2.44. The molecule has 1 aromatic carbocycles. The summed E-state index contributed by atoms with van der Waals surface area (Å²) in [5.74, 6) is 2.04. The van der Waals surface area contributed by atoms with Crippen molar-refractivity contribution < 1.29 is 4.79 Å². The molecule has 0 radical (unpaired) electrons. The average Bonchev–Trinajstić information content (AvgIpc) is 3.45. The van der Waals surface area contributed by atoms with Gasteiger partial charge in [-0.3, -0.25) is 9.69 Å². The van der Waals surface area contributed by atoms with Crippen LogP contribution >= 0.6 is 0 Å². The van der Waals surface area contributed by atoms with Gasteiger partial charge in [0.15, 0.2) is 0 Å². The maximum atomic E-state index is 12.4. The van der Waals surface area contributed by atoms with Gasteiger partial charge in [0.05, 0.1) is 6.54 Å². The van der Waals surface area contributed by atoms with Crippen LogP contribution in [0.25, 0.3) is 0 Å². The van der Waals surface area contributed by atoms with Crippen molar-refractivity contribution in [1.82, 2.24) is 10.2 Å². The molecule has 1 aliphatic heterocycles. The topological polar surface area (TPSA) is 58.4 Å². The maximum Gasteiger partial charge on any atom is 0.234 e. The predicted molar refractivity (Wildman–Crippen MR) is 91.0 cm³/mol. The van der Waals surface area contributed by atoms with Crippen LogP contribution in [0.2, 0.25) is 0 Å². The Morgan fingerprint density at radius 1 is 1.13 bits per heavy atom. The molecule has 0 bridgehead atoms. The van der Waals surface area contributed by atoms with Gasteiger partial charge in [-0.05, 0) is 43.1 Å². The average molecular weight is 313 g/mol. The van der Waals surface area contributed by atoms with Crippen molar-refractivity contribution in [3.63, 3.8) is 0 Å². The first kappa shape index (κ1) is 15.2. The Morgan fingerprint density at radius 2 is 1.78 bits per heavy atom. The van der Waals surface area contributed by atoms with Crippen molar-refractivity contribution in [1.29, 1.82) is 0 Å². The Kier molecular flexibility index (Phi) is 4.12. The number of hydrogen-bond acceptors (Lipinski definition) is 3. The van der Waals surface area contributed by atoms with E-state index in [0.717, 1.165) is 24.9 Å². The highest BCUT2D eigenvalue weighted by Crippen LogP contribution is 2.44. The van der Waals surface area contributed by atoms with E-state index in [-0.39, 0.29) is 11.9 Å². The first-order valence-corrected chi connectivity index (χ1v) is 9.03. The second kappa shape index (κ2) is 6.25. The monoisotopic (exact) mass is 313 g/mol. The van der Waals surface area contributed by atoms with Gasteiger partial charge < -0.3 is 11.1 Å². The molecule has 1 heterocycles. The van der Waals surface area contributed by atoms with E-state index in [1.54, 1.807) is 0 Å². The molecule has 3 N–H and O–H groups in total. The molecule has 0 spiro atoms. The smallest absolute Gasteiger partial charge is 0.234 e.